The molecular formula is C14H19N. The molecule has 2 fully saturated rings. The van der Waals surface area contributed by atoms with Gasteiger partial charge in [0.1, 0.15) is 0 Å². The van der Waals surface area contributed by atoms with E-state index in [0.29, 0.717) is 5.41 Å². The minimum atomic E-state index is 0.545. The van der Waals surface area contributed by atoms with E-state index >= 15 is 0 Å². The van der Waals surface area contributed by atoms with E-state index in [0.717, 1.165) is 6.04 Å². The summed E-state index contributed by atoms with van der Waals surface area (Å²) in [5.74, 6) is 0. The highest BCUT2D eigenvalue weighted by atomic mass is 14.9. The van der Waals surface area contributed by atoms with Gasteiger partial charge in [0.15, 0.2) is 0 Å². The molecule has 1 aliphatic carbocycles. The van der Waals surface area contributed by atoms with Gasteiger partial charge in [-0.3, -0.25) is 0 Å². The average molecular weight is 201 g/mol. The molecular weight excluding hydrogens is 182 g/mol. The second-order valence-corrected chi connectivity index (χ2v) is 5.14. The fourth-order valence-electron chi connectivity index (χ4n) is 2.96. The van der Waals surface area contributed by atoms with Crippen molar-refractivity contribution in [1.82, 2.24) is 5.32 Å². The largest absolute Gasteiger partial charge is 0.314 e. The van der Waals surface area contributed by atoms with Crippen molar-refractivity contribution in [2.75, 3.05) is 6.54 Å². The number of benzene rings is 1. The minimum absolute atomic E-state index is 0.545. The summed E-state index contributed by atoms with van der Waals surface area (Å²) in [4.78, 5) is 0. The molecule has 1 atom stereocenters. The molecule has 0 spiro atoms. The summed E-state index contributed by atoms with van der Waals surface area (Å²) >= 11 is 0. The van der Waals surface area contributed by atoms with Gasteiger partial charge < -0.3 is 5.32 Å². The maximum Gasteiger partial charge on any atom is 0.00760 e. The van der Waals surface area contributed by atoms with E-state index in [1.54, 1.807) is 5.56 Å². The molecule has 0 radical (unpaired) electrons. The van der Waals surface area contributed by atoms with E-state index in [2.05, 4.69) is 35.6 Å². The average Bonchev–Trinajstić information content (AvgIpc) is 2.88. The first-order valence-electron chi connectivity index (χ1n) is 6.18. The predicted molar refractivity (Wildman–Crippen MR) is 63.0 cm³/mol. The summed E-state index contributed by atoms with van der Waals surface area (Å²) in [6.07, 6.45) is 6.91. The second-order valence-electron chi connectivity index (χ2n) is 5.14. The fourth-order valence-corrected chi connectivity index (χ4v) is 2.96. The lowest BCUT2D eigenvalue weighted by molar-refractivity contribution is 0.479. The Labute approximate surface area is 91.9 Å². The van der Waals surface area contributed by atoms with Crippen molar-refractivity contribution in [2.24, 2.45) is 0 Å². The SMILES string of the molecule is c1ccc(C2(CC3CCCN3)CC2)cc1. The molecule has 1 unspecified atom stereocenters. The molecule has 2 aliphatic rings. The third kappa shape index (κ3) is 1.81. The Morgan fingerprint density at radius 1 is 1.20 bits per heavy atom. The minimum Gasteiger partial charge on any atom is -0.314 e. The van der Waals surface area contributed by atoms with E-state index in [-0.39, 0.29) is 0 Å². The summed E-state index contributed by atoms with van der Waals surface area (Å²) in [5, 5.41) is 3.62. The molecule has 3 rings (SSSR count). The number of nitrogens with one attached hydrogen (secondary N) is 1. The number of hydrogen-bond donors (Lipinski definition) is 1. The Hall–Kier alpha value is -0.820. The van der Waals surface area contributed by atoms with Gasteiger partial charge in [-0.1, -0.05) is 30.3 Å². The van der Waals surface area contributed by atoms with Crippen LogP contribution < -0.4 is 5.32 Å². The summed E-state index contributed by atoms with van der Waals surface area (Å²) in [7, 11) is 0. The zero-order valence-corrected chi connectivity index (χ0v) is 9.21. The highest BCUT2D eigenvalue weighted by Crippen LogP contribution is 2.52. The van der Waals surface area contributed by atoms with Crippen LogP contribution >= 0.6 is 0 Å². The Kier molecular flexibility index (Phi) is 2.28. The molecule has 1 nitrogen and oxygen atoms in total. The molecule has 1 aromatic rings. The summed E-state index contributed by atoms with van der Waals surface area (Å²) < 4.78 is 0. The van der Waals surface area contributed by atoms with Crippen LogP contribution in [-0.2, 0) is 5.41 Å². The Balaban J connectivity index is 1.74. The van der Waals surface area contributed by atoms with E-state index in [1.807, 2.05) is 0 Å². The van der Waals surface area contributed by atoms with Crippen LogP contribution in [0.3, 0.4) is 0 Å². The van der Waals surface area contributed by atoms with Crippen LogP contribution in [0.25, 0.3) is 0 Å². The van der Waals surface area contributed by atoms with Crippen molar-refractivity contribution in [1.29, 1.82) is 0 Å². The molecule has 0 aromatic heterocycles. The zero-order chi connectivity index (χ0) is 10.1. The molecule has 0 amide bonds. The van der Waals surface area contributed by atoms with Gasteiger partial charge in [0.25, 0.3) is 0 Å². The van der Waals surface area contributed by atoms with Gasteiger partial charge >= 0.3 is 0 Å². The van der Waals surface area contributed by atoms with Crippen molar-refractivity contribution in [3.05, 3.63) is 35.9 Å². The summed E-state index contributed by atoms with van der Waals surface area (Å²) in [6.45, 7) is 1.23. The number of hydrogen-bond acceptors (Lipinski definition) is 1. The third-order valence-corrected chi connectivity index (χ3v) is 4.04. The van der Waals surface area contributed by atoms with Crippen LogP contribution in [0, 0.1) is 0 Å². The van der Waals surface area contributed by atoms with E-state index in [1.165, 1.54) is 38.6 Å². The smallest absolute Gasteiger partial charge is 0.00760 e. The lowest BCUT2D eigenvalue weighted by Gasteiger charge is -2.20. The summed E-state index contributed by atoms with van der Waals surface area (Å²) in [5.41, 5.74) is 2.11. The van der Waals surface area contributed by atoms with Gasteiger partial charge in [-0.2, -0.15) is 0 Å². The Bertz CT molecular complexity index is 320. The predicted octanol–water partition coefficient (Wildman–Crippen LogP) is 2.86. The van der Waals surface area contributed by atoms with Gasteiger partial charge in [-0.25, -0.2) is 0 Å². The molecule has 1 heterocycles. The van der Waals surface area contributed by atoms with Crippen LogP contribution in [-0.4, -0.2) is 12.6 Å². The first kappa shape index (κ1) is 9.41. The monoisotopic (exact) mass is 201 g/mol. The summed E-state index contributed by atoms with van der Waals surface area (Å²) in [6, 6.07) is 11.9. The normalized spacial score (nSPS) is 27.9. The van der Waals surface area contributed by atoms with Crippen LogP contribution in [0.2, 0.25) is 0 Å². The quantitative estimate of drug-likeness (QED) is 0.793. The van der Waals surface area contributed by atoms with Crippen molar-refractivity contribution in [2.45, 2.75) is 43.6 Å². The Morgan fingerprint density at radius 3 is 2.60 bits per heavy atom. The van der Waals surface area contributed by atoms with Gasteiger partial charge in [-0.15, -0.1) is 0 Å². The first-order valence-corrected chi connectivity index (χ1v) is 6.18. The number of rotatable bonds is 3. The maximum atomic E-state index is 3.62. The van der Waals surface area contributed by atoms with E-state index in [4.69, 9.17) is 0 Å². The van der Waals surface area contributed by atoms with Gasteiger partial charge in [0, 0.05) is 6.04 Å². The van der Waals surface area contributed by atoms with E-state index in [9.17, 15) is 0 Å². The lowest BCUT2D eigenvalue weighted by atomic mass is 9.88. The highest BCUT2D eigenvalue weighted by Gasteiger charge is 2.45. The van der Waals surface area contributed by atoms with Crippen LogP contribution in [0.5, 0.6) is 0 Å². The maximum absolute atomic E-state index is 3.62. The molecule has 1 saturated carbocycles. The molecule has 80 valence electrons. The topological polar surface area (TPSA) is 12.0 Å². The zero-order valence-electron chi connectivity index (χ0n) is 9.21. The van der Waals surface area contributed by atoms with Crippen molar-refractivity contribution in [3.63, 3.8) is 0 Å². The van der Waals surface area contributed by atoms with Crippen LogP contribution in [0.15, 0.2) is 30.3 Å². The van der Waals surface area contributed by atoms with Gasteiger partial charge in [0.2, 0.25) is 0 Å². The molecule has 15 heavy (non-hydrogen) atoms. The molecule has 1 N–H and O–H groups in total. The molecule has 1 saturated heterocycles. The van der Waals surface area contributed by atoms with E-state index < -0.39 is 0 Å². The van der Waals surface area contributed by atoms with Gasteiger partial charge in [0.05, 0.1) is 0 Å². The third-order valence-electron chi connectivity index (χ3n) is 4.04. The second kappa shape index (κ2) is 3.64. The molecule has 1 aliphatic heterocycles. The Morgan fingerprint density at radius 2 is 2.00 bits per heavy atom. The molecule has 0 bridgehead atoms. The highest BCUT2D eigenvalue weighted by molar-refractivity contribution is 5.31. The van der Waals surface area contributed by atoms with Crippen molar-refractivity contribution < 1.29 is 0 Å². The van der Waals surface area contributed by atoms with Crippen LogP contribution in [0.4, 0.5) is 0 Å². The lowest BCUT2D eigenvalue weighted by Crippen LogP contribution is -2.26. The van der Waals surface area contributed by atoms with Crippen molar-refractivity contribution in [3.8, 4) is 0 Å². The molecule has 1 aromatic carbocycles. The van der Waals surface area contributed by atoms with Gasteiger partial charge in [-0.05, 0) is 49.6 Å². The van der Waals surface area contributed by atoms with Crippen LogP contribution in [0.1, 0.15) is 37.7 Å². The first-order chi connectivity index (χ1) is 7.39. The standard InChI is InChI=1S/C14H19N/c1-2-5-12(6-3-1)14(8-9-14)11-13-7-4-10-15-13/h1-3,5-6,13,15H,4,7-11H2. The fraction of sp³-hybridized carbons (Fsp3) is 0.571. The van der Waals surface area contributed by atoms with Crippen molar-refractivity contribution >= 4 is 0 Å². The molecule has 1 heteroatoms.